The summed E-state index contributed by atoms with van der Waals surface area (Å²) in [6, 6.07) is 8.74. The van der Waals surface area contributed by atoms with Gasteiger partial charge in [-0.05, 0) is 18.6 Å². The summed E-state index contributed by atoms with van der Waals surface area (Å²) in [6.45, 7) is 2.27. The normalized spacial score (nSPS) is 11.6. The van der Waals surface area contributed by atoms with Crippen LogP contribution in [0.3, 0.4) is 0 Å². The molecule has 0 amide bonds. The molecule has 1 rings (SSSR count). The lowest BCUT2D eigenvalue weighted by Crippen LogP contribution is -2.13. The Morgan fingerprint density at radius 1 is 0.607 bits per heavy atom. The molecule has 0 aliphatic carbocycles. The SMILES string of the molecule is CCCCCCCCCCCCCCCCCCS(=O)(=O)Oc1ccccc1. The molecular weight excluding hydrogens is 368 g/mol. The molecule has 0 aromatic heterocycles. The quantitative estimate of drug-likeness (QED) is 0.174. The van der Waals surface area contributed by atoms with Gasteiger partial charge >= 0.3 is 10.1 Å². The maximum absolute atomic E-state index is 11.9. The van der Waals surface area contributed by atoms with Crippen molar-refractivity contribution in [1.29, 1.82) is 0 Å². The molecule has 0 fully saturated rings. The predicted octanol–water partition coefficient (Wildman–Crippen LogP) is 7.66. The third-order valence-corrected chi connectivity index (χ3v) is 6.45. The Labute approximate surface area is 174 Å². The molecule has 0 atom stereocenters. The van der Waals surface area contributed by atoms with Gasteiger partial charge in [0.1, 0.15) is 5.75 Å². The van der Waals surface area contributed by atoms with E-state index in [0.29, 0.717) is 12.2 Å². The Morgan fingerprint density at radius 2 is 1.00 bits per heavy atom. The molecule has 0 saturated carbocycles. The van der Waals surface area contributed by atoms with Crippen molar-refractivity contribution in [3.05, 3.63) is 30.3 Å². The Morgan fingerprint density at radius 3 is 1.43 bits per heavy atom. The molecule has 0 aliphatic rings. The minimum atomic E-state index is -3.45. The number of hydrogen-bond donors (Lipinski definition) is 0. The number of rotatable bonds is 19. The largest absolute Gasteiger partial charge is 0.382 e. The summed E-state index contributed by atoms with van der Waals surface area (Å²) in [7, 11) is -3.45. The van der Waals surface area contributed by atoms with E-state index in [1.165, 1.54) is 83.5 Å². The van der Waals surface area contributed by atoms with Gasteiger partial charge in [0.2, 0.25) is 0 Å². The van der Waals surface area contributed by atoms with Crippen molar-refractivity contribution in [2.45, 2.75) is 110 Å². The molecule has 0 spiro atoms. The lowest BCUT2D eigenvalue weighted by atomic mass is 10.0. The smallest absolute Gasteiger partial charge is 0.309 e. The number of hydrogen-bond acceptors (Lipinski definition) is 3. The van der Waals surface area contributed by atoms with Gasteiger partial charge < -0.3 is 4.18 Å². The molecule has 0 unspecified atom stereocenters. The van der Waals surface area contributed by atoms with Gasteiger partial charge in [-0.3, -0.25) is 0 Å². The predicted molar refractivity (Wildman–Crippen MR) is 120 cm³/mol. The number of para-hydroxylation sites is 1. The summed E-state index contributed by atoms with van der Waals surface area (Å²) in [5, 5.41) is 0. The average Bonchev–Trinajstić information content (AvgIpc) is 2.68. The molecule has 4 heteroatoms. The van der Waals surface area contributed by atoms with Crippen LogP contribution in [0.4, 0.5) is 0 Å². The van der Waals surface area contributed by atoms with E-state index < -0.39 is 10.1 Å². The molecule has 0 N–H and O–H groups in total. The Kier molecular flexibility index (Phi) is 15.1. The van der Waals surface area contributed by atoms with Crippen molar-refractivity contribution in [3.63, 3.8) is 0 Å². The summed E-state index contributed by atoms with van der Waals surface area (Å²) in [6.07, 6.45) is 20.6. The van der Waals surface area contributed by atoms with Crippen LogP contribution in [0.15, 0.2) is 30.3 Å². The third kappa shape index (κ3) is 15.0. The van der Waals surface area contributed by atoms with Crippen molar-refractivity contribution in [2.24, 2.45) is 0 Å². The Hall–Kier alpha value is -1.03. The second kappa shape index (κ2) is 16.9. The van der Waals surface area contributed by atoms with Crippen LogP contribution in [0.1, 0.15) is 110 Å². The van der Waals surface area contributed by atoms with Crippen LogP contribution in [0.5, 0.6) is 5.75 Å². The van der Waals surface area contributed by atoms with Gasteiger partial charge in [-0.15, -0.1) is 0 Å². The summed E-state index contributed by atoms with van der Waals surface area (Å²) in [5.41, 5.74) is 0. The van der Waals surface area contributed by atoms with Gasteiger partial charge in [-0.25, -0.2) is 0 Å². The van der Waals surface area contributed by atoms with Gasteiger partial charge in [0.25, 0.3) is 0 Å². The van der Waals surface area contributed by atoms with Gasteiger partial charge in [0.05, 0.1) is 5.75 Å². The number of unbranched alkanes of at least 4 members (excludes halogenated alkanes) is 15. The van der Waals surface area contributed by atoms with Crippen LogP contribution in [0.25, 0.3) is 0 Å². The molecule has 3 nitrogen and oxygen atoms in total. The molecule has 28 heavy (non-hydrogen) atoms. The van der Waals surface area contributed by atoms with E-state index in [9.17, 15) is 8.42 Å². The highest BCUT2D eigenvalue weighted by Gasteiger charge is 2.11. The van der Waals surface area contributed by atoms with E-state index in [1.54, 1.807) is 24.3 Å². The van der Waals surface area contributed by atoms with Crippen molar-refractivity contribution >= 4 is 10.1 Å². The lowest BCUT2D eigenvalue weighted by molar-refractivity contribution is 0.481. The zero-order chi connectivity index (χ0) is 20.3. The van der Waals surface area contributed by atoms with Crippen molar-refractivity contribution in [1.82, 2.24) is 0 Å². The van der Waals surface area contributed by atoms with E-state index in [4.69, 9.17) is 4.18 Å². The van der Waals surface area contributed by atoms with Gasteiger partial charge in [0.15, 0.2) is 0 Å². The molecule has 162 valence electrons. The second-order valence-electron chi connectivity index (χ2n) is 7.96. The molecular formula is C24H42O3S. The maximum atomic E-state index is 11.9. The zero-order valence-electron chi connectivity index (χ0n) is 18.0. The van der Waals surface area contributed by atoms with Gasteiger partial charge in [-0.2, -0.15) is 8.42 Å². The first-order chi connectivity index (χ1) is 13.6. The highest BCUT2D eigenvalue weighted by molar-refractivity contribution is 7.87. The third-order valence-electron chi connectivity index (χ3n) is 5.21. The minimum absolute atomic E-state index is 0.111. The van der Waals surface area contributed by atoms with E-state index in [1.807, 2.05) is 6.07 Å². The standard InChI is InChI=1S/C24H42O3S/c1-2-3-4-5-6-7-8-9-10-11-12-13-14-15-16-20-23-28(25,26)27-24-21-18-17-19-22-24/h17-19,21-22H,2-16,20,23H2,1H3. The second-order valence-corrected chi connectivity index (χ2v) is 9.65. The fourth-order valence-electron chi connectivity index (χ4n) is 3.49. The summed E-state index contributed by atoms with van der Waals surface area (Å²) in [5.74, 6) is 0.513. The average molecular weight is 411 g/mol. The van der Waals surface area contributed by atoms with E-state index in [2.05, 4.69) is 6.92 Å². The topological polar surface area (TPSA) is 43.4 Å². The van der Waals surface area contributed by atoms with E-state index in [-0.39, 0.29) is 5.75 Å². The van der Waals surface area contributed by atoms with Crippen LogP contribution in [0.2, 0.25) is 0 Å². The summed E-state index contributed by atoms with van der Waals surface area (Å²) < 4.78 is 28.9. The van der Waals surface area contributed by atoms with Crippen LogP contribution < -0.4 is 4.18 Å². The maximum Gasteiger partial charge on any atom is 0.309 e. The van der Waals surface area contributed by atoms with E-state index >= 15 is 0 Å². The Balaban J connectivity index is 1.84. The van der Waals surface area contributed by atoms with Crippen LogP contribution in [-0.4, -0.2) is 14.2 Å². The minimum Gasteiger partial charge on any atom is -0.382 e. The summed E-state index contributed by atoms with van der Waals surface area (Å²) >= 11 is 0. The lowest BCUT2D eigenvalue weighted by Gasteiger charge is -2.07. The van der Waals surface area contributed by atoms with E-state index in [0.717, 1.165) is 12.8 Å². The number of benzene rings is 1. The molecule has 1 aromatic carbocycles. The Bertz CT molecular complexity index is 554. The molecule has 0 heterocycles. The first-order valence-corrected chi connectivity index (χ1v) is 13.2. The fraction of sp³-hybridized carbons (Fsp3) is 0.750. The summed E-state index contributed by atoms with van der Waals surface area (Å²) in [4.78, 5) is 0. The van der Waals surface area contributed by atoms with Crippen molar-refractivity contribution in [3.8, 4) is 5.75 Å². The van der Waals surface area contributed by atoms with Crippen molar-refractivity contribution < 1.29 is 12.6 Å². The first-order valence-electron chi connectivity index (χ1n) is 11.6. The highest BCUT2D eigenvalue weighted by Crippen LogP contribution is 2.15. The zero-order valence-corrected chi connectivity index (χ0v) is 18.9. The van der Waals surface area contributed by atoms with Gasteiger partial charge in [0, 0.05) is 0 Å². The molecule has 0 bridgehead atoms. The van der Waals surface area contributed by atoms with Crippen LogP contribution >= 0.6 is 0 Å². The van der Waals surface area contributed by atoms with Crippen molar-refractivity contribution in [2.75, 3.05) is 5.75 Å². The monoisotopic (exact) mass is 410 g/mol. The molecule has 0 saturated heterocycles. The molecule has 1 aromatic rings. The first kappa shape index (κ1) is 25.0. The molecule has 0 aliphatic heterocycles. The van der Waals surface area contributed by atoms with Gasteiger partial charge in [-0.1, -0.05) is 121 Å². The highest BCUT2D eigenvalue weighted by atomic mass is 32.2. The fourth-order valence-corrected chi connectivity index (χ4v) is 4.54. The van der Waals surface area contributed by atoms with Crippen LogP contribution in [0, 0.1) is 0 Å². The van der Waals surface area contributed by atoms with Crippen LogP contribution in [-0.2, 0) is 10.1 Å². The molecule has 0 radical (unpaired) electrons.